The van der Waals surface area contributed by atoms with Crippen LogP contribution in [0.2, 0.25) is 10.0 Å². The Labute approximate surface area is 181 Å². The minimum Gasteiger partial charge on any atom is -0.489 e. The summed E-state index contributed by atoms with van der Waals surface area (Å²) < 4.78 is 18.8. The van der Waals surface area contributed by atoms with E-state index in [1.165, 1.54) is 12.1 Å². The van der Waals surface area contributed by atoms with Gasteiger partial charge in [-0.25, -0.2) is 4.39 Å². The third-order valence-corrected chi connectivity index (χ3v) is 4.73. The Bertz CT molecular complexity index is 887. The zero-order valence-electron chi connectivity index (χ0n) is 15.1. The van der Waals surface area contributed by atoms with Crippen LogP contribution in [0.1, 0.15) is 16.7 Å². The molecule has 0 fully saturated rings. The maximum absolute atomic E-state index is 12.9. The van der Waals surface area contributed by atoms with Gasteiger partial charge in [0.05, 0.1) is 0 Å². The van der Waals surface area contributed by atoms with Crippen LogP contribution in [-0.2, 0) is 19.6 Å². The van der Waals surface area contributed by atoms with Crippen LogP contribution in [0.25, 0.3) is 0 Å². The number of ether oxygens (including phenoxy) is 1. The smallest absolute Gasteiger partial charge is 0.123 e. The van der Waals surface area contributed by atoms with Gasteiger partial charge in [0.2, 0.25) is 0 Å². The second-order valence-corrected chi connectivity index (χ2v) is 7.07. The molecule has 0 saturated heterocycles. The molecule has 3 aromatic rings. The molecular formula is C22H21Cl3FNO. The molecule has 0 atom stereocenters. The van der Waals surface area contributed by atoms with E-state index in [2.05, 4.69) is 5.32 Å². The number of benzene rings is 3. The van der Waals surface area contributed by atoms with Crippen LogP contribution in [0, 0.1) is 5.82 Å². The summed E-state index contributed by atoms with van der Waals surface area (Å²) in [6.45, 7) is 1.94. The molecular weight excluding hydrogens is 420 g/mol. The molecule has 0 aromatic heterocycles. The van der Waals surface area contributed by atoms with Crippen molar-refractivity contribution in [3.05, 3.63) is 99.3 Å². The number of nitrogens with one attached hydrogen (secondary N) is 1. The summed E-state index contributed by atoms with van der Waals surface area (Å²) in [4.78, 5) is 0. The van der Waals surface area contributed by atoms with Crippen molar-refractivity contribution in [2.45, 2.75) is 19.6 Å². The lowest BCUT2D eigenvalue weighted by Crippen LogP contribution is -2.16. The minimum absolute atomic E-state index is 0. The summed E-state index contributed by atoms with van der Waals surface area (Å²) in [7, 11) is 0. The Morgan fingerprint density at radius 1 is 0.893 bits per heavy atom. The highest BCUT2D eigenvalue weighted by atomic mass is 35.5. The van der Waals surface area contributed by atoms with Crippen molar-refractivity contribution in [2.75, 3.05) is 6.54 Å². The van der Waals surface area contributed by atoms with E-state index in [1.54, 1.807) is 12.1 Å². The number of hydrogen-bond donors (Lipinski definition) is 1. The third kappa shape index (κ3) is 6.99. The summed E-state index contributed by atoms with van der Waals surface area (Å²) in [6.07, 6.45) is 0.853. The van der Waals surface area contributed by atoms with Crippen molar-refractivity contribution >= 4 is 35.6 Å². The monoisotopic (exact) mass is 439 g/mol. The molecule has 2 nitrogen and oxygen atoms in total. The van der Waals surface area contributed by atoms with Gasteiger partial charge in [-0.1, -0.05) is 53.5 Å². The molecule has 0 aliphatic carbocycles. The van der Waals surface area contributed by atoms with Crippen LogP contribution in [0.15, 0.2) is 66.7 Å². The maximum atomic E-state index is 12.9. The topological polar surface area (TPSA) is 21.3 Å². The number of halogens is 4. The summed E-state index contributed by atoms with van der Waals surface area (Å²) >= 11 is 12.1. The molecule has 148 valence electrons. The second-order valence-electron chi connectivity index (χ2n) is 6.23. The van der Waals surface area contributed by atoms with Gasteiger partial charge in [0, 0.05) is 22.2 Å². The molecule has 0 radical (unpaired) electrons. The van der Waals surface area contributed by atoms with Crippen LogP contribution >= 0.6 is 35.6 Å². The van der Waals surface area contributed by atoms with Crippen molar-refractivity contribution < 1.29 is 9.13 Å². The van der Waals surface area contributed by atoms with Crippen molar-refractivity contribution in [1.29, 1.82) is 0 Å². The van der Waals surface area contributed by atoms with E-state index >= 15 is 0 Å². The van der Waals surface area contributed by atoms with Crippen molar-refractivity contribution in [1.82, 2.24) is 5.32 Å². The predicted molar refractivity (Wildman–Crippen MR) is 116 cm³/mol. The molecule has 3 aromatic carbocycles. The molecule has 0 aliphatic heterocycles. The zero-order valence-corrected chi connectivity index (χ0v) is 17.5. The fourth-order valence-electron chi connectivity index (χ4n) is 2.66. The highest BCUT2D eigenvalue weighted by Crippen LogP contribution is 2.23. The van der Waals surface area contributed by atoms with E-state index in [9.17, 15) is 4.39 Å². The number of hydrogen-bond acceptors (Lipinski definition) is 2. The summed E-state index contributed by atoms with van der Waals surface area (Å²) in [5.41, 5.74) is 3.14. The lowest BCUT2D eigenvalue weighted by molar-refractivity contribution is 0.306. The Hall–Kier alpha value is -1.78. The molecule has 28 heavy (non-hydrogen) atoms. The van der Waals surface area contributed by atoms with Gasteiger partial charge in [-0.3, -0.25) is 0 Å². The maximum Gasteiger partial charge on any atom is 0.123 e. The molecule has 0 amide bonds. The van der Waals surface area contributed by atoms with Crippen molar-refractivity contribution in [3.63, 3.8) is 0 Å². The molecule has 0 aliphatic rings. The van der Waals surface area contributed by atoms with Gasteiger partial charge in [0.1, 0.15) is 18.2 Å². The third-order valence-electron chi connectivity index (χ3n) is 4.14. The molecule has 0 bridgehead atoms. The molecule has 0 saturated carbocycles. The van der Waals surface area contributed by atoms with Crippen LogP contribution in [0.4, 0.5) is 4.39 Å². The zero-order chi connectivity index (χ0) is 19.1. The van der Waals surface area contributed by atoms with Crippen LogP contribution < -0.4 is 10.1 Å². The molecule has 1 N–H and O–H groups in total. The Morgan fingerprint density at radius 3 is 2.43 bits per heavy atom. The van der Waals surface area contributed by atoms with Gasteiger partial charge in [-0.2, -0.15) is 0 Å². The van der Waals surface area contributed by atoms with Gasteiger partial charge >= 0.3 is 0 Å². The van der Waals surface area contributed by atoms with Gasteiger partial charge < -0.3 is 10.1 Å². The first-order valence-electron chi connectivity index (χ1n) is 8.71. The molecule has 0 spiro atoms. The fourth-order valence-corrected chi connectivity index (χ4v) is 3.12. The largest absolute Gasteiger partial charge is 0.489 e. The Morgan fingerprint density at radius 2 is 1.68 bits per heavy atom. The highest BCUT2D eigenvalue weighted by molar-refractivity contribution is 6.35. The summed E-state index contributed by atoms with van der Waals surface area (Å²) in [5, 5.41) is 4.60. The van der Waals surface area contributed by atoms with E-state index in [1.807, 2.05) is 42.5 Å². The molecule has 0 unspecified atom stereocenters. The first-order valence-corrected chi connectivity index (χ1v) is 9.46. The minimum atomic E-state index is -0.205. The quantitative estimate of drug-likeness (QED) is 0.406. The molecule has 3 rings (SSSR count). The van der Waals surface area contributed by atoms with Crippen LogP contribution in [0.3, 0.4) is 0 Å². The van der Waals surface area contributed by atoms with Gasteiger partial charge in [0.15, 0.2) is 0 Å². The SMILES string of the molecule is Cl.Fc1ccc(CCNCc2cccc(OCc3ccc(Cl)cc3Cl)c2)cc1. The lowest BCUT2D eigenvalue weighted by atomic mass is 10.1. The van der Waals surface area contributed by atoms with Gasteiger partial charge in [0.25, 0.3) is 0 Å². The highest BCUT2D eigenvalue weighted by Gasteiger charge is 2.03. The molecule has 6 heteroatoms. The lowest BCUT2D eigenvalue weighted by Gasteiger charge is -2.10. The average Bonchev–Trinajstić information content (AvgIpc) is 2.66. The normalized spacial score (nSPS) is 10.4. The van der Waals surface area contributed by atoms with Gasteiger partial charge in [-0.15, -0.1) is 12.4 Å². The Balaban J connectivity index is 0.00000280. The first kappa shape index (κ1) is 22.5. The van der Waals surface area contributed by atoms with Gasteiger partial charge in [-0.05, 0) is 60.5 Å². The second kappa shape index (κ2) is 11.3. The van der Waals surface area contributed by atoms with E-state index < -0.39 is 0 Å². The van der Waals surface area contributed by atoms with Crippen LogP contribution in [-0.4, -0.2) is 6.54 Å². The first-order chi connectivity index (χ1) is 13.1. The van der Waals surface area contributed by atoms with E-state index in [0.29, 0.717) is 16.7 Å². The van der Waals surface area contributed by atoms with E-state index in [-0.39, 0.29) is 18.2 Å². The van der Waals surface area contributed by atoms with E-state index in [4.69, 9.17) is 27.9 Å². The molecule has 0 heterocycles. The van der Waals surface area contributed by atoms with E-state index in [0.717, 1.165) is 42.0 Å². The van der Waals surface area contributed by atoms with Crippen LogP contribution in [0.5, 0.6) is 5.75 Å². The Kier molecular flexibility index (Phi) is 9.07. The standard InChI is InChI=1S/C22H20Cl2FNO.ClH/c23-19-7-6-18(22(24)13-19)15-27-21-3-1-2-17(12-21)14-26-11-10-16-4-8-20(25)9-5-16;/h1-9,12-13,26H,10-11,14-15H2;1H. The average molecular weight is 441 g/mol. The fraction of sp³-hybridized carbons (Fsp3) is 0.182. The van der Waals surface area contributed by atoms with Crippen molar-refractivity contribution in [2.24, 2.45) is 0 Å². The summed E-state index contributed by atoms with van der Waals surface area (Å²) in [5.74, 6) is 0.585. The number of rotatable bonds is 8. The van der Waals surface area contributed by atoms with Crippen molar-refractivity contribution in [3.8, 4) is 5.75 Å². The summed E-state index contributed by atoms with van der Waals surface area (Å²) in [6, 6.07) is 19.9. The predicted octanol–water partition coefficient (Wildman–Crippen LogP) is 6.47.